The molecule has 0 aliphatic rings. The summed E-state index contributed by atoms with van der Waals surface area (Å²) >= 11 is 1.89. The van der Waals surface area contributed by atoms with E-state index in [0.717, 1.165) is 6.42 Å². The lowest BCUT2D eigenvalue weighted by Crippen LogP contribution is -1.84. The maximum atomic E-state index is 3.29. The van der Waals surface area contributed by atoms with E-state index in [4.69, 9.17) is 0 Å². The van der Waals surface area contributed by atoms with Crippen LogP contribution in [0.5, 0.6) is 0 Å². The zero-order valence-electron chi connectivity index (χ0n) is 7.71. The van der Waals surface area contributed by atoms with Crippen molar-refractivity contribution in [3.8, 4) is 0 Å². The highest BCUT2D eigenvalue weighted by molar-refractivity contribution is 7.98. The van der Waals surface area contributed by atoms with Crippen LogP contribution in [0, 0.1) is 0 Å². The lowest BCUT2D eigenvalue weighted by atomic mass is 10.1. The maximum absolute atomic E-state index is 3.29. The number of benzene rings is 1. The number of para-hydroxylation sites is 1. The molecule has 0 atom stereocenters. The Morgan fingerprint density at radius 1 is 1.31 bits per heavy atom. The Hall–Kier alpha value is -0.890. The van der Waals surface area contributed by atoms with Crippen molar-refractivity contribution in [3.05, 3.63) is 36.0 Å². The molecule has 0 saturated heterocycles. The molecular formula is C11H13NS. The minimum absolute atomic E-state index is 1.16. The summed E-state index contributed by atoms with van der Waals surface area (Å²) in [6, 6.07) is 8.47. The highest BCUT2D eigenvalue weighted by Gasteiger charge is 2.00. The molecule has 0 aliphatic carbocycles. The van der Waals surface area contributed by atoms with Crippen LogP contribution in [0.2, 0.25) is 0 Å². The van der Waals surface area contributed by atoms with Gasteiger partial charge < -0.3 is 4.98 Å². The van der Waals surface area contributed by atoms with Crippen LogP contribution in [0.1, 0.15) is 5.56 Å². The zero-order valence-corrected chi connectivity index (χ0v) is 8.53. The Bertz CT molecular complexity index is 392. The van der Waals surface area contributed by atoms with Gasteiger partial charge in [-0.1, -0.05) is 18.2 Å². The molecular weight excluding hydrogens is 178 g/mol. The van der Waals surface area contributed by atoms with Crippen molar-refractivity contribution < 1.29 is 0 Å². The number of H-pyrrole nitrogens is 1. The van der Waals surface area contributed by atoms with E-state index in [-0.39, 0.29) is 0 Å². The Morgan fingerprint density at radius 2 is 2.15 bits per heavy atom. The fourth-order valence-electron chi connectivity index (χ4n) is 1.55. The summed E-state index contributed by atoms with van der Waals surface area (Å²) in [6.45, 7) is 0. The number of hydrogen-bond donors (Lipinski definition) is 1. The summed E-state index contributed by atoms with van der Waals surface area (Å²) < 4.78 is 0. The molecule has 1 N–H and O–H groups in total. The van der Waals surface area contributed by atoms with Crippen molar-refractivity contribution in [1.82, 2.24) is 4.98 Å². The van der Waals surface area contributed by atoms with Crippen LogP contribution in [-0.4, -0.2) is 17.0 Å². The Labute approximate surface area is 82.5 Å². The van der Waals surface area contributed by atoms with Gasteiger partial charge in [-0.15, -0.1) is 0 Å². The van der Waals surface area contributed by atoms with E-state index in [1.807, 2.05) is 11.8 Å². The van der Waals surface area contributed by atoms with E-state index >= 15 is 0 Å². The molecule has 1 nitrogen and oxygen atoms in total. The molecule has 13 heavy (non-hydrogen) atoms. The van der Waals surface area contributed by atoms with Crippen molar-refractivity contribution >= 4 is 22.7 Å². The number of thioether (sulfide) groups is 1. The molecule has 68 valence electrons. The zero-order chi connectivity index (χ0) is 9.10. The largest absolute Gasteiger partial charge is 0.361 e. The summed E-state index contributed by atoms with van der Waals surface area (Å²) in [4.78, 5) is 3.29. The second-order valence-electron chi connectivity index (χ2n) is 3.10. The van der Waals surface area contributed by atoms with Gasteiger partial charge in [-0.25, -0.2) is 0 Å². The number of aryl methyl sites for hydroxylation is 1. The topological polar surface area (TPSA) is 15.8 Å². The van der Waals surface area contributed by atoms with Crippen LogP contribution < -0.4 is 0 Å². The molecule has 2 rings (SSSR count). The van der Waals surface area contributed by atoms with Crippen LogP contribution in [0.4, 0.5) is 0 Å². The van der Waals surface area contributed by atoms with E-state index < -0.39 is 0 Å². The number of fused-ring (bicyclic) bond motifs is 1. The first-order valence-corrected chi connectivity index (χ1v) is 5.85. The van der Waals surface area contributed by atoms with E-state index in [2.05, 4.69) is 41.7 Å². The first-order valence-electron chi connectivity index (χ1n) is 4.46. The Balaban J connectivity index is 2.35. The predicted octanol–water partition coefficient (Wildman–Crippen LogP) is 3.07. The molecule has 0 aliphatic heterocycles. The molecule has 0 radical (unpaired) electrons. The molecule has 0 amide bonds. The van der Waals surface area contributed by atoms with Crippen LogP contribution >= 0.6 is 11.8 Å². The van der Waals surface area contributed by atoms with E-state index in [1.54, 1.807) is 0 Å². The van der Waals surface area contributed by atoms with Crippen molar-refractivity contribution in [2.24, 2.45) is 0 Å². The first kappa shape index (κ1) is 8.70. The predicted molar refractivity (Wildman–Crippen MR) is 60.4 cm³/mol. The molecule has 0 spiro atoms. The molecule has 0 fully saturated rings. The van der Waals surface area contributed by atoms with Crippen molar-refractivity contribution in [2.75, 3.05) is 12.0 Å². The van der Waals surface area contributed by atoms with Gasteiger partial charge in [0.2, 0.25) is 0 Å². The van der Waals surface area contributed by atoms with Gasteiger partial charge >= 0.3 is 0 Å². The third-order valence-corrected chi connectivity index (χ3v) is 2.86. The smallest absolute Gasteiger partial charge is 0.0456 e. The highest BCUT2D eigenvalue weighted by Crippen LogP contribution is 2.18. The number of rotatable bonds is 3. The van der Waals surface area contributed by atoms with Gasteiger partial charge in [0.15, 0.2) is 0 Å². The van der Waals surface area contributed by atoms with Gasteiger partial charge in [0, 0.05) is 17.1 Å². The van der Waals surface area contributed by atoms with Gasteiger partial charge in [-0.2, -0.15) is 11.8 Å². The lowest BCUT2D eigenvalue weighted by molar-refractivity contribution is 1.17. The maximum Gasteiger partial charge on any atom is 0.0456 e. The van der Waals surface area contributed by atoms with Gasteiger partial charge in [0.05, 0.1) is 0 Å². The standard InChI is InChI=1S/C11H13NS/c1-13-7-6-9-8-12-11-5-3-2-4-10(9)11/h2-5,8,12H,6-7H2,1H3. The quantitative estimate of drug-likeness (QED) is 0.788. The van der Waals surface area contributed by atoms with Crippen LogP contribution in [-0.2, 0) is 6.42 Å². The van der Waals surface area contributed by atoms with E-state index in [1.165, 1.54) is 22.2 Å². The van der Waals surface area contributed by atoms with Gasteiger partial charge in [0.1, 0.15) is 0 Å². The molecule has 2 aromatic rings. The molecule has 1 aromatic heterocycles. The molecule has 0 bridgehead atoms. The first-order chi connectivity index (χ1) is 6.42. The second kappa shape index (κ2) is 3.88. The number of nitrogens with one attached hydrogen (secondary N) is 1. The van der Waals surface area contributed by atoms with Crippen LogP contribution in [0.3, 0.4) is 0 Å². The molecule has 2 heteroatoms. The van der Waals surface area contributed by atoms with Crippen LogP contribution in [0.15, 0.2) is 30.5 Å². The normalized spacial score (nSPS) is 10.8. The average Bonchev–Trinajstić information content (AvgIpc) is 2.58. The lowest BCUT2D eigenvalue weighted by Gasteiger charge is -1.95. The monoisotopic (exact) mass is 191 g/mol. The average molecular weight is 191 g/mol. The number of aromatic nitrogens is 1. The summed E-state index contributed by atoms with van der Waals surface area (Å²) in [6.07, 6.45) is 5.43. The van der Waals surface area contributed by atoms with Crippen molar-refractivity contribution in [2.45, 2.75) is 6.42 Å². The molecule has 0 unspecified atom stereocenters. The third kappa shape index (κ3) is 1.73. The summed E-state index contributed by atoms with van der Waals surface area (Å²) in [5, 5.41) is 1.37. The minimum Gasteiger partial charge on any atom is -0.361 e. The third-order valence-electron chi connectivity index (χ3n) is 2.25. The summed E-state index contributed by atoms with van der Waals surface area (Å²) in [5.74, 6) is 1.20. The SMILES string of the molecule is CSCCc1c[nH]c2ccccc12. The van der Waals surface area contributed by atoms with E-state index in [9.17, 15) is 0 Å². The van der Waals surface area contributed by atoms with Gasteiger partial charge in [-0.05, 0) is 30.1 Å². The van der Waals surface area contributed by atoms with Crippen LogP contribution in [0.25, 0.3) is 10.9 Å². The molecule has 1 aromatic carbocycles. The van der Waals surface area contributed by atoms with Crippen molar-refractivity contribution in [3.63, 3.8) is 0 Å². The Morgan fingerprint density at radius 3 is 3.00 bits per heavy atom. The fourth-order valence-corrected chi connectivity index (χ4v) is 1.97. The molecule has 1 heterocycles. The molecule has 0 saturated carbocycles. The van der Waals surface area contributed by atoms with E-state index in [0.29, 0.717) is 0 Å². The summed E-state index contributed by atoms with van der Waals surface area (Å²) in [7, 11) is 0. The van der Waals surface area contributed by atoms with Gasteiger partial charge in [0.25, 0.3) is 0 Å². The van der Waals surface area contributed by atoms with Gasteiger partial charge in [-0.3, -0.25) is 0 Å². The van der Waals surface area contributed by atoms with Crippen molar-refractivity contribution in [1.29, 1.82) is 0 Å². The number of hydrogen-bond acceptors (Lipinski definition) is 1. The second-order valence-corrected chi connectivity index (χ2v) is 4.09. The summed E-state index contributed by atoms with van der Waals surface area (Å²) in [5.41, 5.74) is 2.68. The fraction of sp³-hybridized carbons (Fsp3) is 0.273. The Kier molecular flexibility index (Phi) is 2.60. The highest BCUT2D eigenvalue weighted by atomic mass is 32.2. The number of aromatic amines is 1. The minimum atomic E-state index is 1.16.